The molecule has 1 aromatic carbocycles. The van der Waals surface area contributed by atoms with E-state index in [1.54, 1.807) is 0 Å². The molecule has 0 amide bonds. The van der Waals surface area contributed by atoms with Gasteiger partial charge in [0.25, 0.3) is 0 Å². The fourth-order valence-electron chi connectivity index (χ4n) is 1.38. The van der Waals surface area contributed by atoms with Gasteiger partial charge in [0, 0.05) is 11.1 Å². The number of hydrogen-bond acceptors (Lipinski definition) is 3. The molecule has 0 heterocycles. The predicted octanol–water partition coefficient (Wildman–Crippen LogP) is 3.28. The topological polar surface area (TPSA) is 44.5 Å². The third kappa shape index (κ3) is 5.33. The molecule has 0 spiro atoms. The van der Waals surface area contributed by atoms with Crippen molar-refractivity contribution in [3.63, 3.8) is 0 Å². The lowest BCUT2D eigenvalue weighted by Gasteiger charge is -2.11. The van der Waals surface area contributed by atoms with Crippen LogP contribution >= 0.6 is 28.1 Å². The van der Waals surface area contributed by atoms with E-state index in [4.69, 9.17) is 27.4 Å². The highest BCUT2D eigenvalue weighted by molar-refractivity contribution is 9.10. The van der Waals surface area contributed by atoms with Crippen molar-refractivity contribution in [3.8, 4) is 5.75 Å². The molecule has 0 saturated heterocycles. The summed E-state index contributed by atoms with van der Waals surface area (Å²) >= 11 is 8.37. The number of hydrogen-bond donors (Lipinski definition) is 1. The molecule has 0 aliphatic heterocycles. The van der Waals surface area contributed by atoms with Crippen LogP contribution in [0.1, 0.15) is 25.3 Å². The molecule has 0 aliphatic rings. The van der Waals surface area contributed by atoms with E-state index in [1.165, 1.54) is 0 Å². The Morgan fingerprint density at radius 2 is 2.11 bits per heavy atom. The highest BCUT2D eigenvalue weighted by Crippen LogP contribution is 2.23. The molecule has 0 fully saturated rings. The molecule has 3 nitrogen and oxygen atoms in total. The van der Waals surface area contributed by atoms with Gasteiger partial charge in [-0.05, 0) is 24.6 Å². The van der Waals surface area contributed by atoms with Gasteiger partial charge >= 0.3 is 0 Å². The zero-order valence-electron chi connectivity index (χ0n) is 10.4. The van der Waals surface area contributed by atoms with Crippen LogP contribution in [0.15, 0.2) is 22.7 Å². The van der Waals surface area contributed by atoms with Gasteiger partial charge < -0.3 is 15.2 Å². The van der Waals surface area contributed by atoms with Crippen LogP contribution in [0.25, 0.3) is 0 Å². The lowest BCUT2D eigenvalue weighted by molar-refractivity contribution is 0.0980. The summed E-state index contributed by atoms with van der Waals surface area (Å²) in [5.41, 5.74) is 6.40. The Bertz CT molecular complexity index is 399. The van der Waals surface area contributed by atoms with Crippen LogP contribution in [0.4, 0.5) is 0 Å². The first-order valence-electron chi connectivity index (χ1n) is 5.95. The Labute approximate surface area is 122 Å². The lowest BCUT2D eigenvalue weighted by atomic mass is 10.2. The normalized spacial score (nSPS) is 10.3. The van der Waals surface area contributed by atoms with Crippen LogP contribution in [-0.4, -0.2) is 24.8 Å². The van der Waals surface area contributed by atoms with Crippen molar-refractivity contribution >= 4 is 33.1 Å². The Kier molecular flexibility index (Phi) is 7.23. The van der Waals surface area contributed by atoms with E-state index < -0.39 is 0 Å². The molecular weight excluding hydrogens is 314 g/mol. The van der Waals surface area contributed by atoms with Crippen LogP contribution in [0, 0.1) is 0 Å². The van der Waals surface area contributed by atoms with Gasteiger partial charge in [-0.2, -0.15) is 0 Å². The number of ether oxygens (including phenoxy) is 2. The fourth-order valence-corrected chi connectivity index (χ4v) is 1.90. The summed E-state index contributed by atoms with van der Waals surface area (Å²) < 4.78 is 12.0. The number of unbranched alkanes of at least 4 members (excludes halogenated alkanes) is 1. The molecule has 1 aromatic rings. The largest absolute Gasteiger partial charge is 0.490 e. The maximum Gasteiger partial charge on any atom is 0.129 e. The first-order valence-corrected chi connectivity index (χ1v) is 7.15. The molecule has 2 N–H and O–H groups in total. The minimum Gasteiger partial charge on any atom is -0.490 e. The number of rotatable bonds is 8. The summed E-state index contributed by atoms with van der Waals surface area (Å²) in [4.78, 5) is 0.332. The molecule has 0 aromatic heterocycles. The fraction of sp³-hybridized carbons (Fsp3) is 0.462. The average Bonchev–Trinajstić information content (AvgIpc) is 2.35. The number of nitrogens with two attached hydrogens (primary N) is 1. The van der Waals surface area contributed by atoms with E-state index >= 15 is 0 Å². The van der Waals surface area contributed by atoms with Gasteiger partial charge in [0.1, 0.15) is 17.3 Å². The predicted molar refractivity (Wildman–Crippen MR) is 81.3 cm³/mol. The second kappa shape index (κ2) is 8.45. The second-order valence-electron chi connectivity index (χ2n) is 3.82. The van der Waals surface area contributed by atoms with E-state index in [0.29, 0.717) is 24.0 Å². The molecule has 0 unspecified atom stereocenters. The van der Waals surface area contributed by atoms with E-state index in [2.05, 4.69) is 22.9 Å². The summed E-state index contributed by atoms with van der Waals surface area (Å²) in [5.74, 6) is 0.699. The summed E-state index contributed by atoms with van der Waals surface area (Å²) in [6.07, 6.45) is 2.22. The molecule has 5 heteroatoms. The Balaban J connectivity index is 2.44. The SMILES string of the molecule is CCCCOCCOc1ccc(Br)cc1C(N)=S. The molecule has 0 radical (unpaired) electrons. The van der Waals surface area contributed by atoms with Crippen molar-refractivity contribution in [2.75, 3.05) is 19.8 Å². The first-order chi connectivity index (χ1) is 8.65. The van der Waals surface area contributed by atoms with Crippen LogP contribution in [0.5, 0.6) is 5.75 Å². The molecule has 0 atom stereocenters. The molecule has 0 aliphatic carbocycles. The third-order valence-corrected chi connectivity index (χ3v) is 3.05. The van der Waals surface area contributed by atoms with Gasteiger partial charge in [-0.3, -0.25) is 0 Å². The van der Waals surface area contributed by atoms with Crippen molar-refractivity contribution in [1.29, 1.82) is 0 Å². The summed E-state index contributed by atoms with van der Waals surface area (Å²) in [5, 5.41) is 0. The van der Waals surface area contributed by atoms with Gasteiger partial charge in [-0.15, -0.1) is 0 Å². The first kappa shape index (κ1) is 15.4. The Morgan fingerprint density at radius 3 is 2.78 bits per heavy atom. The van der Waals surface area contributed by atoms with Crippen LogP contribution in [0.2, 0.25) is 0 Å². The van der Waals surface area contributed by atoms with Crippen molar-refractivity contribution in [2.45, 2.75) is 19.8 Å². The van der Waals surface area contributed by atoms with Crippen molar-refractivity contribution in [3.05, 3.63) is 28.2 Å². The monoisotopic (exact) mass is 331 g/mol. The minimum absolute atomic E-state index is 0.332. The van der Waals surface area contributed by atoms with E-state index in [-0.39, 0.29) is 0 Å². The van der Waals surface area contributed by atoms with Gasteiger partial charge in [-0.1, -0.05) is 41.5 Å². The van der Waals surface area contributed by atoms with Crippen LogP contribution in [-0.2, 0) is 4.74 Å². The van der Waals surface area contributed by atoms with E-state index in [9.17, 15) is 0 Å². The highest BCUT2D eigenvalue weighted by atomic mass is 79.9. The van der Waals surface area contributed by atoms with Gasteiger partial charge in [0.2, 0.25) is 0 Å². The quantitative estimate of drug-likeness (QED) is 0.586. The lowest BCUT2D eigenvalue weighted by Crippen LogP contribution is -2.14. The van der Waals surface area contributed by atoms with E-state index in [1.807, 2.05) is 18.2 Å². The maximum atomic E-state index is 5.65. The third-order valence-electron chi connectivity index (χ3n) is 2.33. The molecule has 0 bridgehead atoms. The summed E-state index contributed by atoms with van der Waals surface area (Å²) in [6, 6.07) is 5.61. The van der Waals surface area contributed by atoms with Crippen molar-refractivity contribution in [1.82, 2.24) is 0 Å². The van der Waals surface area contributed by atoms with Gasteiger partial charge in [0.05, 0.1) is 12.2 Å². The zero-order valence-corrected chi connectivity index (χ0v) is 12.9. The van der Waals surface area contributed by atoms with Gasteiger partial charge in [0.15, 0.2) is 0 Å². The summed E-state index contributed by atoms with van der Waals surface area (Å²) in [7, 11) is 0. The van der Waals surface area contributed by atoms with Gasteiger partial charge in [-0.25, -0.2) is 0 Å². The second-order valence-corrected chi connectivity index (χ2v) is 5.17. The van der Waals surface area contributed by atoms with Crippen molar-refractivity contribution < 1.29 is 9.47 Å². The standard InChI is InChI=1S/C13H18BrNO2S/c1-2-3-6-16-7-8-17-12-5-4-10(14)9-11(12)13(15)18/h4-5,9H,2-3,6-8H2,1H3,(H2,15,18). The molecular formula is C13H18BrNO2S. The minimum atomic E-state index is 0.332. The Hall–Kier alpha value is -0.650. The number of halogens is 1. The Morgan fingerprint density at radius 1 is 1.33 bits per heavy atom. The molecule has 18 heavy (non-hydrogen) atoms. The summed E-state index contributed by atoms with van der Waals surface area (Å²) in [6.45, 7) is 3.99. The molecule has 1 rings (SSSR count). The van der Waals surface area contributed by atoms with E-state index in [0.717, 1.165) is 29.5 Å². The molecule has 100 valence electrons. The van der Waals surface area contributed by atoms with Crippen LogP contribution < -0.4 is 10.5 Å². The number of benzene rings is 1. The maximum absolute atomic E-state index is 5.65. The average molecular weight is 332 g/mol. The smallest absolute Gasteiger partial charge is 0.129 e. The highest BCUT2D eigenvalue weighted by Gasteiger charge is 2.07. The van der Waals surface area contributed by atoms with Crippen molar-refractivity contribution in [2.24, 2.45) is 5.73 Å². The zero-order chi connectivity index (χ0) is 13.4. The molecule has 0 saturated carbocycles. The number of thiocarbonyl (C=S) groups is 1. The van der Waals surface area contributed by atoms with Crippen LogP contribution in [0.3, 0.4) is 0 Å².